The van der Waals surface area contributed by atoms with Crippen molar-refractivity contribution >= 4 is 38.4 Å². The molecule has 1 aliphatic heterocycles. The number of sulfonamides is 1. The first kappa shape index (κ1) is 15.3. The minimum Gasteiger partial charge on any atom is -0.548 e. The molecule has 0 aromatic heterocycles. The van der Waals surface area contributed by atoms with Gasteiger partial charge in [-0.25, -0.2) is 8.42 Å². The van der Waals surface area contributed by atoms with Crippen LogP contribution in [0.5, 0.6) is 0 Å². The van der Waals surface area contributed by atoms with Crippen molar-refractivity contribution in [3.63, 3.8) is 0 Å². The molecule has 2 aromatic carbocycles. The molecule has 0 saturated carbocycles. The highest BCUT2D eigenvalue weighted by Crippen LogP contribution is 2.34. The lowest BCUT2D eigenvalue weighted by Gasteiger charge is -2.25. The lowest BCUT2D eigenvalue weighted by Crippen LogP contribution is -2.46. The third-order valence-corrected chi connectivity index (χ3v) is 6.14. The number of hydrogen-bond acceptors (Lipinski definition) is 4. The first-order chi connectivity index (χ1) is 10.4. The van der Waals surface area contributed by atoms with E-state index >= 15 is 0 Å². The average molecular weight is 339 g/mol. The van der Waals surface area contributed by atoms with Gasteiger partial charge in [0.2, 0.25) is 10.0 Å². The van der Waals surface area contributed by atoms with Gasteiger partial charge in [0.25, 0.3) is 0 Å². The van der Waals surface area contributed by atoms with Crippen molar-refractivity contribution in [1.29, 1.82) is 0 Å². The molecule has 1 atom stereocenters. The molecule has 2 aromatic rings. The molecule has 0 unspecified atom stereocenters. The SMILES string of the molecule is O=C([O-])[C@@H]1CCCN1S(=O)(=O)c1cccc2cccc(Cl)c12. The topological polar surface area (TPSA) is 77.5 Å². The number of carbonyl (C=O) groups is 1. The van der Waals surface area contributed by atoms with Gasteiger partial charge in [0.15, 0.2) is 0 Å². The van der Waals surface area contributed by atoms with Crippen LogP contribution in [0.15, 0.2) is 41.3 Å². The number of carboxylic acids is 1. The monoisotopic (exact) mass is 338 g/mol. The molecule has 5 nitrogen and oxygen atoms in total. The largest absolute Gasteiger partial charge is 0.548 e. The Bertz CT molecular complexity index is 844. The Morgan fingerprint density at radius 1 is 1.23 bits per heavy atom. The van der Waals surface area contributed by atoms with Crippen LogP contribution < -0.4 is 5.11 Å². The van der Waals surface area contributed by atoms with Gasteiger partial charge in [-0.15, -0.1) is 0 Å². The molecular formula is C15H13ClNO4S-. The van der Waals surface area contributed by atoms with Gasteiger partial charge in [0, 0.05) is 17.0 Å². The van der Waals surface area contributed by atoms with Crippen LogP contribution in [0.25, 0.3) is 10.8 Å². The normalized spacial score (nSPS) is 19.6. The van der Waals surface area contributed by atoms with E-state index in [1.165, 1.54) is 6.07 Å². The number of carboxylic acid groups (broad SMARTS) is 1. The first-order valence-electron chi connectivity index (χ1n) is 6.83. The predicted octanol–water partition coefficient (Wildman–Crippen LogP) is 1.40. The van der Waals surface area contributed by atoms with E-state index in [4.69, 9.17) is 11.6 Å². The average Bonchev–Trinajstić information content (AvgIpc) is 2.97. The highest BCUT2D eigenvalue weighted by atomic mass is 35.5. The maximum Gasteiger partial charge on any atom is 0.244 e. The van der Waals surface area contributed by atoms with Gasteiger partial charge in [-0.3, -0.25) is 0 Å². The highest BCUT2D eigenvalue weighted by Gasteiger charge is 2.37. The van der Waals surface area contributed by atoms with Crippen molar-refractivity contribution in [2.45, 2.75) is 23.8 Å². The Labute approximate surface area is 133 Å². The van der Waals surface area contributed by atoms with Crippen molar-refractivity contribution in [2.75, 3.05) is 6.54 Å². The highest BCUT2D eigenvalue weighted by molar-refractivity contribution is 7.89. The molecule has 0 radical (unpaired) electrons. The van der Waals surface area contributed by atoms with Gasteiger partial charge in [0.1, 0.15) is 0 Å². The molecule has 7 heteroatoms. The van der Waals surface area contributed by atoms with E-state index < -0.39 is 22.0 Å². The summed E-state index contributed by atoms with van der Waals surface area (Å²) < 4.78 is 26.8. The van der Waals surface area contributed by atoms with Crippen molar-refractivity contribution in [3.05, 3.63) is 41.4 Å². The molecule has 0 aliphatic carbocycles. The van der Waals surface area contributed by atoms with Crippen LogP contribution in [-0.4, -0.2) is 31.3 Å². The minimum absolute atomic E-state index is 0.0313. The zero-order valence-electron chi connectivity index (χ0n) is 11.5. The summed E-state index contributed by atoms with van der Waals surface area (Å²) in [6.07, 6.45) is 0.760. The molecule has 1 fully saturated rings. The minimum atomic E-state index is -3.95. The fraction of sp³-hybridized carbons (Fsp3) is 0.267. The number of nitrogens with zero attached hydrogens (tertiary/aromatic N) is 1. The van der Waals surface area contributed by atoms with Gasteiger partial charge < -0.3 is 9.90 Å². The Morgan fingerprint density at radius 2 is 1.91 bits per heavy atom. The van der Waals surface area contributed by atoms with E-state index in [1.54, 1.807) is 30.3 Å². The number of benzene rings is 2. The molecule has 3 rings (SSSR count). The molecule has 22 heavy (non-hydrogen) atoms. The molecular weight excluding hydrogens is 326 g/mol. The van der Waals surface area contributed by atoms with E-state index in [2.05, 4.69) is 0 Å². The van der Waals surface area contributed by atoms with Crippen LogP contribution in [0.3, 0.4) is 0 Å². The number of aliphatic carboxylic acids is 1. The zero-order valence-corrected chi connectivity index (χ0v) is 13.1. The van der Waals surface area contributed by atoms with Crippen LogP contribution in [0, 0.1) is 0 Å². The molecule has 0 amide bonds. The van der Waals surface area contributed by atoms with E-state index in [0.29, 0.717) is 22.2 Å². The number of carbonyl (C=O) groups excluding carboxylic acids is 1. The third-order valence-electron chi connectivity index (χ3n) is 3.88. The summed E-state index contributed by atoms with van der Waals surface area (Å²) in [7, 11) is -3.95. The lowest BCUT2D eigenvalue weighted by molar-refractivity contribution is -0.309. The second-order valence-electron chi connectivity index (χ2n) is 5.19. The van der Waals surface area contributed by atoms with Crippen molar-refractivity contribution in [2.24, 2.45) is 0 Å². The van der Waals surface area contributed by atoms with Crippen LogP contribution in [0.1, 0.15) is 12.8 Å². The van der Waals surface area contributed by atoms with Crippen LogP contribution in [-0.2, 0) is 14.8 Å². The first-order valence-corrected chi connectivity index (χ1v) is 8.64. The molecule has 0 spiro atoms. The van der Waals surface area contributed by atoms with Gasteiger partial charge in [0.05, 0.1) is 16.9 Å². The molecule has 1 heterocycles. The summed E-state index contributed by atoms with van der Waals surface area (Å²) in [6.45, 7) is 0.168. The fourth-order valence-electron chi connectivity index (χ4n) is 2.87. The molecule has 1 saturated heterocycles. The standard InChI is InChI=1S/C15H14ClNO4S/c16-11-6-1-4-10-5-2-8-13(14(10)11)22(20,21)17-9-3-7-12(17)15(18)19/h1-2,4-6,8,12H,3,7,9H2,(H,18,19)/p-1/t12-/m0/s1. The smallest absolute Gasteiger partial charge is 0.244 e. The maximum atomic E-state index is 12.9. The predicted molar refractivity (Wildman–Crippen MR) is 80.9 cm³/mol. The summed E-state index contributed by atoms with van der Waals surface area (Å²) in [5, 5.41) is 12.6. The van der Waals surface area contributed by atoms with Crippen LogP contribution in [0.4, 0.5) is 0 Å². The Balaban J connectivity index is 2.20. The van der Waals surface area contributed by atoms with E-state index in [9.17, 15) is 18.3 Å². The van der Waals surface area contributed by atoms with E-state index in [1.807, 2.05) is 0 Å². The van der Waals surface area contributed by atoms with Gasteiger partial charge in [-0.1, -0.05) is 35.9 Å². The van der Waals surface area contributed by atoms with Crippen molar-refractivity contribution in [1.82, 2.24) is 4.31 Å². The van der Waals surface area contributed by atoms with Gasteiger partial charge in [-0.2, -0.15) is 4.31 Å². The molecule has 0 N–H and O–H groups in total. The maximum absolute atomic E-state index is 12.9. The fourth-order valence-corrected chi connectivity index (χ4v) is 5.09. The summed E-state index contributed by atoms with van der Waals surface area (Å²) in [6, 6.07) is 8.83. The second-order valence-corrected chi connectivity index (χ2v) is 7.45. The summed E-state index contributed by atoms with van der Waals surface area (Å²) in [4.78, 5) is 11.2. The molecule has 0 bridgehead atoms. The number of halogens is 1. The number of hydrogen-bond donors (Lipinski definition) is 0. The quantitative estimate of drug-likeness (QED) is 0.847. The number of fused-ring (bicyclic) bond motifs is 1. The second kappa shape index (κ2) is 5.53. The van der Waals surface area contributed by atoms with E-state index in [0.717, 1.165) is 4.31 Å². The summed E-state index contributed by atoms with van der Waals surface area (Å²) in [5.74, 6) is -1.37. The zero-order chi connectivity index (χ0) is 15.9. The Hall–Kier alpha value is -1.63. The third kappa shape index (κ3) is 2.37. The molecule has 1 aliphatic rings. The van der Waals surface area contributed by atoms with Crippen molar-refractivity contribution in [3.8, 4) is 0 Å². The van der Waals surface area contributed by atoms with Gasteiger partial charge in [-0.05, 0) is 30.4 Å². The number of rotatable bonds is 3. The lowest BCUT2D eigenvalue weighted by atomic mass is 10.1. The summed E-state index contributed by atoms with van der Waals surface area (Å²) in [5.41, 5.74) is 0. The van der Waals surface area contributed by atoms with Gasteiger partial charge >= 0.3 is 0 Å². The van der Waals surface area contributed by atoms with Crippen molar-refractivity contribution < 1.29 is 18.3 Å². The van der Waals surface area contributed by atoms with Crippen LogP contribution in [0.2, 0.25) is 5.02 Å². The Kier molecular flexibility index (Phi) is 3.84. The van der Waals surface area contributed by atoms with Crippen LogP contribution >= 0.6 is 11.6 Å². The summed E-state index contributed by atoms with van der Waals surface area (Å²) >= 11 is 6.16. The van der Waals surface area contributed by atoms with E-state index in [-0.39, 0.29) is 17.9 Å². The Morgan fingerprint density at radius 3 is 2.59 bits per heavy atom. The molecule has 116 valence electrons.